The molecule has 0 bridgehead atoms. The maximum absolute atomic E-state index is 13.1. The van der Waals surface area contributed by atoms with Crippen molar-refractivity contribution in [3.8, 4) is 17.6 Å². The molecule has 1 amide bonds. The molecule has 3 aromatic rings. The summed E-state index contributed by atoms with van der Waals surface area (Å²) in [6.07, 6.45) is 3.61. The molecule has 0 saturated heterocycles. The van der Waals surface area contributed by atoms with Crippen LogP contribution in [0.5, 0.6) is 11.5 Å². The molecule has 0 saturated carbocycles. The minimum atomic E-state index is -0.561. The van der Waals surface area contributed by atoms with Crippen molar-refractivity contribution < 1.29 is 23.8 Å². The van der Waals surface area contributed by atoms with Gasteiger partial charge in [-0.25, -0.2) is 9.78 Å². The van der Waals surface area contributed by atoms with E-state index >= 15 is 0 Å². The van der Waals surface area contributed by atoms with Gasteiger partial charge in [-0.15, -0.1) is 0 Å². The van der Waals surface area contributed by atoms with Crippen LogP contribution in [0.3, 0.4) is 0 Å². The molecule has 1 aliphatic heterocycles. The lowest BCUT2D eigenvalue weighted by atomic mass is 10.0. The standard InChI is InChI=1S/C26H21N3O5/c27-10-3-11-28-23(30)14-32-26(31)24-18-4-1-2-5-20(18)29-25-17(7-8-19(24)25)12-16-6-9-21-22(13-16)34-15-33-21/h1-2,4-6,9,12-13H,3,7-8,11,14-15H2,(H,28,30)/b17-12+. The second-order valence-corrected chi connectivity index (χ2v) is 7.95. The number of para-hydroxylation sites is 1. The van der Waals surface area contributed by atoms with Gasteiger partial charge in [0.05, 0.1) is 29.3 Å². The van der Waals surface area contributed by atoms with Gasteiger partial charge in [0.1, 0.15) is 0 Å². The summed E-state index contributed by atoms with van der Waals surface area (Å²) in [4.78, 5) is 29.9. The predicted octanol–water partition coefficient (Wildman–Crippen LogP) is 3.64. The molecule has 34 heavy (non-hydrogen) atoms. The lowest BCUT2D eigenvalue weighted by molar-refractivity contribution is -0.124. The van der Waals surface area contributed by atoms with E-state index in [2.05, 4.69) is 5.32 Å². The first kappa shape index (κ1) is 21.5. The summed E-state index contributed by atoms with van der Waals surface area (Å²) in [5.41, 5.74) is 4.69. The number of ether oxygens (including phenoxy) is 3. The Morgan fingerprint density at radius 1 is 1.15 bits per heavy atom. The summed E-state index contributed by atoms with van der Waals surface area (Å²) >= 11 is 0. The zero-order valence-corrected chi connectivity index (χ0v) is 18.3. The number of nitriles is 1. The van der Waals surface area contributed by atoms with Gasteiger partial charge in [0, 0.05) is 11.9 Å². The Morgan fingerprint density at radius 3 is 2.88 bits per heavy atom. The summed E-state index contributed by atoms with van der Waals surface area (Å²) in [5.74, 6) is 0.424. The number of nitrogens with one attached hydrogen (secondary N) is 1. The number of rotatable bonds is 6. The fourth-order valence-electron chi connectivity index (χ4n) is 4.23. The summed E-state index contributed by atoms with van der Waals surface area (Å²) < 4.78 is 16.2. The second kappa shape index (κ2) is 9.24. The van der Waals surface area contributed by atoms with Gasteiger partial charge in [-0.3, -0.25) is 4.79 Å². The van der Waals surface area contributed by atoms with Crippen molar-refractivity contribution in [2.45, 2.75) is 19.3 Å². The molecular weight excluding hydrogens is 434 g/mol. The molecular formula is C26H21N3O5. The van der Waals surface area contributed by atoms with Crippen LogP contribution in [0.2, 0.25) is 0 Å². The maximum Gasteiger partial charge on any atom is 0.339 e. The number of esters is 1. The van der Waals surface area contributed by atoms with Gasteiger partial charge in [-0.05, 0) is 53.8 Å². The molecule has 1 aromatic heterocycles. The topological polar surface area (TPSA) is 111 Å². The average Bonchev–Trinajstić information content (AvgIpc) is 3.48. The first-order chi connectivity index (χ1) is 16.6. The van der Waals surface area contributed by atoms with Crippen LogP contribution in [0, 0.1) is 11.3 Å². The second-order valence-electron chi connectivity index (χ2n) is 7.95. The normalized spacial score (nSPS) is 14.6. The molecule has 2 heterocycles. The van der Waals surface area contributed by atoms with Crippen molar-refractivity contribution >= 4 is 34.4 Å². The van der Waals surface area contributed by atoms with Crippen molar-refractivity contribution in [3.05, 3.63) is 64.8 Å². The number of amides is 1. The summed E-state index contributed by atoms with van der Waals surface area (Å²) in [5, 5.41) is 11.8. The van der Waals surface area contributed by atoms with E-state index in [-0.39, 0.29) is 19.8 Å². The largest absolute Gasteiger partial charge is 0.454 e. The number of hydrogen-bond acceptors (Lipinski definition) is 7. The van der Waals surface area contributed by atoms with Crippen LogP contribution in [-0.4, -0.2) is 36.8 Å². The number of hydrogen-bond donors (Lipinski definition) is 1. The number of carbonyl (C=O) groups is 2. The molecule has 0 fully saturated rings. The Kier molecular flexibility index (Phi) is 5.83. The molecule has 5 rings (SSSR count). The number of fused-ring (bicyclic) bond motifs is 3. The summed E-state index contributed by atoms with van der Waals surface area (Å²) in [7, 11) is 0. The van der Waals surface area contributed by atoms with E-state index < -0.39 is 18.5 Å². The van der Waals surface area contributed by atoms with Gasteiger partial charge < -0.3 is 19.5 Å². The van der Waals surface area contributed by atoms with Gasteiger partial charge in [0.15, 0.2) is 18.1 Å². The third-order valence-corrected chi connectivity index (χ3v) is 5.78. The Balaban J connectivity index is 1.46. The van der Waals surface area contributed by atoms with E-state index in [1.54, 1.807) is 0 Å². The Hall–Kier alpha value is -4.38. The Bertz CT molecular complexity index is 1370. The van der Waals surface area contributed by atoms with Crippen molar-refractivity contribution in [1.82, 2.24) is 10.3 Å². The molecule has 2 aliphatic rings. The molecule has 0 spiro atoms. The number of carbonyl (C=O) groups excluding carboxylic acids is 2. The van der Waals surface area contributed by atoms with Crippen LogP contribution >= 0.6 is 0 Å². The zero-order chi connectivity index (χ0) is 23.5. The van der Waals surface area contributed by atoms with Crippen molar-refractivity contribution in [2.75, 3.05) is 19.9 Å². The number of nitrogens with zero attached hydrogens (tertiary/aromatic N) is 2. The lowest BCUT2D eigenvalue weighted by Crippen LogP contribution is -2.29. The smallest absolute Gasteiger partial charge is 0.339 e. The first-order valence-electron chi connectivity index (χ1n) is 11.0. The van der Waals surface area contributed by atoms with Gasteiger partial charge >= 0.3 is 5.97 Å². The van der Waals surface area contributed by atoms with Crippen molar-refractivity contribution in [1.29, 1.82) is 5.26 Å². The van der Waals surface area contributed by atoms with Gasteiger partial charge in [0.2, 0.25) is 6.79 Å². The van der Waals surface area contributed by atoms with Crippen molar-refractivity contribution in [3.63, 3.8) is 0 Å². The molecule has 0 atom stereocenters. The highest BCUT2D eigenvalue weighted by atomic mass is 16.7. The van der Waals surface area contributed by atoms with Crippen LogP contribution in [0.25, 0.3) is 22.6 Å². The highest BCUT2D eigenvalue weighted by Crippen LogP contribution is 2.39. The van der Waals surface area contributed by atoms with Crippen LogP contribution in [0.15, 0.2) is 42.5 Å². The van der Waals surface area contributed by atoms with Gasteiger partial charge in [0.25, 0.3) is 5.91 Å². The third kappa shape index (κ3) is 4.16. The number of allylic oxidation sites excluding steroid dienone is 1. The van der Waals surface area contributed by atoms with Crippen LogP contribution in [0.1, 0.15) is 40.0 Å². The highest BCUT2D eigenvalue weighted by Gasteiger charge is 2.28. The van der Waals surface area contributed by atoms with E-state index in [1.807, 2.05) is 54.6 Å². The Morgan fingerprint density at radius 2 is 2.00 bits per heavy atom. The average molecular weight is 455 g/mol. The minimum Gasteiger partial charge on any atom is -0.454 e. The molecule has 8 heteroatoms. The van der Waals surface area contributed by atoms with E-state index in [9.17, 15) is 9.59 Å². The van der Waals surface area contributed by atoms with Gasteiger partial charge in [-0.1, -0.05) is 24.3 Å². The molecule has 1 aliphatic carbocycles. The van der Waals surface area contributed by atoms with Crippen LogP contribution in [-0.2, 0) is 16.0 Å². The lowest BCUT2D eigenvalue weighted by Gasteiger charge is -2.12. The molecule has 2 aromatic carbocycles. The van der Waals surface area contributed by atoms with E-state index in [1.165, 1.54) is 0 Å². The predicted molar refractivity (Wildman–Crippen MR) is 124 cm³/mol. The number of pyridine rings is 1. The molecule has 170 valence electrons. The molecule has 8 nitrogen and oxygen atoms in total. The van der Waals surface area contributed by atoms with E-state index in [0.29, 0.717) is 28.6 Å². The van der Waals surface area contributed by atoms with E-state index in [0.717, 1.165) is 34.6 Å². The van der Waals surface area contributed by atoms with Gasteiger partial charge in [-0.2, -0.15) is 5.26 Å². The molecule has 0 radical (unpaired) electrons. The SMILES string of the molecule is N#CCCNC(=O)COC(=O)c1c2c(nc3ccccc13)/C(=C/c1ccc3c(c1)OCO3)CC2. The minimum absolute atomic E-state index is 0.195. The van der Waals surface area contributed by atoms with E-state index in [4.69, 9.17) is 24.5 Å². The summed E-state index contributed by atoms with van der Waals surface area (Å²) in [6.45, 7) is 0.0254. The van der Waals surface area contributed by atoms with Crippen LogP contribution < -0.4 is 14.8 Å². The monoisotopic (exact) mass is 455 g/mol. The maximum atomic E-state index is 13.1. The molecule has 1 N–H and O–H groups in total. The number of benzene rings is 2. The fourth-order valence-corrected chi connectivity index (χ4v) is 4.23. The quantitative estimate of drug-likeness (QED) is 0.446. The number of aromatic nitrogens is 1. The van der Waals surface area contributed by atoms with Crippen LogP contribution in [0.4, 0.5) is 0 Å². The zero-order valence-electron chi connectivity index (χ0n) is 18.3. The fraction of sp³-hybridized carbons (Fsp3) is 0.231. The first-order valence-corrected chi connectivity index (χ1v) is 11.0. The third-order valence-electron chi connectivity index (χ3n) is 5.78. The highest BCUT2D eigenvalue weighted by molar-refractivity contribution is 6.07. The Labute approximate surface area is 195 Å². The summed E-state index contributed by atoms with van der Waals surface area (Å²) in [6, 6.07) is 15.1. The van der Waals surface area contributed by atoms with Crippen molar-refractivity contribution in [2.24, 2.45) is 0 Å². The molecule has 0 unspecified atom stereocenters.